The molecule has 1 aliphatic heterocycles. The van der Waals surface area contributed by atoms with E-state index >= 15 is 0 Å². The number of amides is 1. The van der Waals surface area contributed by atoms with Crippen LogP contribution < -0.4 is 14.8 Å². The van der Waals surface area contributed by atoms with Crippen LogP contribution >= 0.6 is 11.8 Å². The van der Waals surface area contributed by atoms with Gasteiger partial charge in [0.1, 0.15) is 6.61 Å². The van der Waals surface area contributed by atoms with Gasteiger partial charge in [-0.05, 0) is 32.4 Å². The van der Waals surface area contributed by atoms with E-state index in [0.717, 1.165) is 12.2 Å². The normalized spacial score (nSPS) is 16.4. The smallest absolute Gasteiger partial charge is 0.230 e. The molecule has 0 saturated carbocycles. The minimum Gasteiger partial charge on any atom is -0.485 e. The third kappa shape index (κ3) is 4.12. The Kier molecular flexibility index (Phi) is 5.41. The summed E-state index contributed by atoms with van der Waals surface area (Å²) in [6, 6.07) is 7.55. The average molecular weight is 376 g/mol. The van der Waals surface area contributed by atoms with E-state index in [1.165, 1.54) is 11.8 Å². The Labute approximate surface area is 157 Å². The van der Waals surface area contributed by atoms with Gasteiger partial charge in [0, 0.05) is 12.6 Å². The number of para-hydroxylation sites is 2. The number of ether oxygens (including phenoxy) is 2. The predicted octanol–water partition coefficient (Wildman–Crippen LogP) is 2.72. The maximum atomic E-state index is 12.1. The molecule has 140 valence electrons. The lowest BCUT2D eigenvalue weighted by atomic mass is 10.0. The SMILES string of the molecule is CCC(C)(C)NC(=O)CSc1nnc([C@H]2COc3ccccc3O2)n1C. The molecule has 0 fully saturated rings. The second-order valence-corrected chi connectivity index (χ2v) is 7.78. The monoisotopic (exact) mass is 376 g/mol. The molecule has 1 N–H and O–H groups in total. The molecule has 1 atom stereocenters. The number of benzene rings is 1. The average Bonchev–Trinajstić information content (AvgIpc) is 3.00. The standard InChI is InChI=1S/C18H24N4O3S/c1-5-18(2,3)19-15(23)11-26-17-21-20-16(22(17)4)14-10-24-12-8-6-7-9-13(12)25-14/h6-9,14H,5,10-11H2,1-4H3,(H,19,23)/t14-/m1/s1. The molecule has 0 spiro atoms. The highest BCUT2D eigenvalue weighted by atomic mass is 32.2. The Morgan fingerprint density at radius 2 is 2.08 bits per heavy atom. The van der Waals surface area contributed by atoms with E-state index in [1.54, 1.807) is 0 Å². The molecule has 3 rings (SSSR count). The number of aromatic nitrogens is 3. The maximum absolute atomic E-state index is 12.1. The first-order valence-electron chi connectivity index (χ1n) is 8.61. The minimum atomic E-state index is -0.329. The molecular formula is C18H24N4O3S. The van der Waals surface area contributed by atoms with Gasteiger partial charge in [0.05, 0.1) is 5.75 Å². The second-order valence-electron chi connectivity index (χ2n) is 6.84. The molecule has 1 amide bonds. The minimum absolute atomic E-state index is 0.0161. The predicted molar refractivity (Wildman–Crippen MR) is 99.5 cm³/mol. The van der Waals surface area contributed by atoms with Gasteiger partial charge in [0.2, 0.25) is 5.91 Å². The van der Waals surface area contributed by atoms with Gasteiger partial charge in [-0.1, -0.05) is 30.8 Å². The molecule has 8 heteroatoms. The largest absolute Gasteiger partial charge is 0.485 e. The number of hydrogen-bond donors (Lipinski definition) is 1. The van der Waals surface area contributed by atoms with Gasteiger partial charge in [-0.15, -0.1) is 10.2 Å². The van der Waals surface area contributed by atoms with Crippen LogP contribution in [0.15, 0.2) is 29.4 Å². The number of fused-ring (bicyclic) bond motifs is 1. The summed E-state index contributed by atoms with van der Waals surface area (Å²) in [6.45, 7) is 6.44. The molecule has 2 heterocycles. The van der Waals surface area contributed by atoms with Crippen molar-refractivity contribution >= 4 is 17.7 Å². The van der Waals surface area contributed by atoms with Crippen LogP contribution in [0.3, 0.4) is 0 Å². The zero-order chi connectivity index (χ0) is 18.7. The van der Waals surface area contributed by atoms with E-state index in [9.17, 15) is 4.79 Å². The van der Waals surface area contributed by atoms with Crippen molar-refractivity contribution in [2.75, 3.05) is 12.4 Å². The molecule has 7 nitrogen and oxygen atoms in total. The van der Waals surface area contributed by atoms with E-state index in [2.05, 4.69) is 15.5 Å². The van der Waals surface area contributed by atoms with Crippen LogP contribution in [0.1, 0.15) is 39.1 Å². The van der Waals surface area contributed by atoms with Crippen molar-refractivity contribution in [2.24, 2.45) is 7.05 Å². The summed E-state index contributed by atoms with van der Waals surface area (Å²) in [6.07, 6.45) is 0.544. The number of thioether (sulfide) groups is 1. The Bertz CT molecular complexity index is 790. The Morgan fingerprint density at radius 3 is 2.81 bits per heavy atom. The Balaban J connectivity index is 1.63. The fourth-order valence-electron chi connectivity index (χ4n) is 2.51. The van der Waals surface area contributed by atoms with Crippen LogP contribution in [0, 0.1) is 0 Å². The molecule has 26 heavy (non-hydrogen) atoms. The van der Waals surface area contributed by atoms with Gasteiger partial charge >= 0.3 is 0 Å². The molecule has 1 aromatic heterocycles. The first-order valence-corrected chi connectivity index (χ1v) is 9.60. The molecule has 1 aromatic carbocycles. The summed E-state index contributed by atoms with van der Waals surface area (Å²) in [4.78, 5) is 12.1. The summed E-state index contributed by atoms with van der Waals surface area (Å²) in [5.74, 6) is 2.38. The Hall–Kier alpha value is -2.22. The molecule has 1 aliphatic rings. The third-order valence-corrected chi connectivity index (χ3v) is 5.38. The topological polar surface area (TPSA) is 78.3 Å². The van der Waals surface area contributed by atoms with Crippen LogP contribution in [0.5, 0.6) is 11.5 Å². The number of carbonyl (C=O) groups is 1. The summed E-state index contributed by atoms with van der Waals surface area (Å²) < 4.78 is 13.6. The fourth-order valence-corrected chi connectivity index (χ4v) is 3.23. The number of nitrogens with one attached hydrogen (secondary N) is 1. The highest BCUT2D eigenvalue weighted by molar-refractivity contribution is 7.99. The number of hydrogen-bond acceptors (Lipinski definition) is 6. The van der Waals surface area contributed by atoms with Gasteiger partial charge in [-0.3, -0.25) is 4.79 Å². The van der Waals surface area contributed by atoms with Crippen molar-refractivity contribution in [1.29, 1.82) is 0 Å². The van der Waals surface area contributed by atoms with Gasteiger partial charge in [0.25, 0.3) is 0 Å². The lowest BCUT2D eigenvalue weighted by molar-refractivity contribution is -0.120. The van der Waals surface area contributed by atoms with Crippen LogP contribution in [-0.4, -0.2) is 38.6 Å². The first-order chi connectivity index (χ1) is 12.4. The van der Waals surface area contributed by atoms with Crippen LogP contribution in [0.4, 0.5) is 0 Å². The molecule has 0 bridgehead atoms. The second kappa shape index (κ2) is 7.57. The van der Waals surface area contributed by atoms with Crippen LogP contribution in [-0.2, 0) is 11.8 Å². The highest BCUT2D eigenvalue weighted by Crippen LogP contribution is 2.35. The van der Waals surface area contributed by atoms with Crippen molar-refractivity contribution in [1.82, 2.24) is 20.1 Å². The number of nitrogens with zero attached hydrogens (tertiary/aromatic N) is 3. The molecule has 0 radical (unpaired) electrons. The van der Waals surface area contributed by atoms with Gasteiger partial charge < -0.3 is 19.4 Å². The zero-order valence-corrected chi connectivity index (χ0v) is 16.3. The summed E-state index contributed by atoms with van der Waals surface area (Å²) >= 11 is 1.36. The highest BCUT2D eigenvalue weighted by Gasteiger charge is 2.27. The van der Waals surface area contributed by atoms with E-state index < -0.39 is 0 Å². The van der Waals surface area contributed by atoms with Gasteiger partial charge in [0.15, 0.2) is 28.6 Å². The number of rotatable bonds is 6. The van der Waals surface area contributed by atoms with Crippen molar-refractivity contribution in [3.8, 4) is 11.5 Å². The van der Waals surface area contributed by atoms with E-state index in [4.69, 9.17) is 9.47 Å². The van der Waals surface area contributed by atoms with E-state index in [-0.39, 0.29) is 17.6 Å². The fraction of sp³-hybridized carbons (Fsp3) is 0.500. The van der Waals surface area contributed by atoms with E-state index in [0.29, 0.717) is 29.1 Å². The molecule has 2 aromatic rings. The van der Waals surface area contributed by atoms with Crippen molar-refractivity contribution < 1.29 is 14.3 Å². The van der Waals surface area contributed by atoms with Crippen molar-refractivity contribution in [3.05, 3.63) is 30.1 Å². The summed E-state index contributed by atoms with van der Waals surface area (Å²) in [5.41, 5.74) is -0.205. The van der Waals surface area contributed by atoms with Crippen molar-refractivity contribution in [2.45, 2.75) is 44.0 Å². The van der Waals surface area contributed by atoms with Crippen LogP contribution in [0.25, 0.3) is 0 Å². The van der Waals surface area contributed by atoms with Gasteiger partial charge in [-0.25, -0.2) is 0 Å². The van der Waals surface area contributed by atoms with Crippen LogP contribution in [0.2, 0.25) is 0 Å². The van der Waals surface area contributed by atoms with E-state index in [1.807, 2.05) is 56.7 Å². The molecular weight excluding hydrogens is 352 g/mol. The molecule has 0 aliphatic carbocycles. The zero-order valence-electron chi connectivity index (χ0n) is 15.5. The maximum Gasteiger partial charge on any atom is 0.230 e. The third-order valence-electron chi connectivity index (χ3n) is 4.36. The summed E-state index contributed by atoms with van der Waals surface area (Å²) in [5, 5.41) is 12.1. The molecule has 0 saturated heterocycles. The molecule has 0 unspecified atom stereocenters. The van der Waals surface area contributed by atoms with Crippen molar-refractivity contribution in [3.63, 3.8) is 0 Å². The first kappa shape index (κ1) is 18.6. The Morgan fingerprint density at radius 1 is 1.35 bits per heavy atom. The van der Waals surface area contributed by atoms with Gasteiger partial charge in [-0.2, -0.15) is 0 Å². The lowest BCUT2D eigenvalue weighted by Crippen LogP contribution is -2.43. The quantitative estimate of drug-likeness (QED) is 0.781. The number of carbonyl (C=O) groups excluding carboxylic acids is 1. The summed E-state index contributed by atoms with van der Waals surface area (Å²) in [7, 11) is 1.87. The lowest BCUT2D eigenvalue weighted by Gasteiger charge is -2.25.